The van der Waals surface area contributed by atoms with E-state index in [-0.39, 0.29) is 47.0 Å². The molecule has 3 amide bonds. The van der Waals surface area contributed by atoms with Crippen LogP contribution in [0.3, 0.4) is 0 Å². The first-order valence-electron chi connectivity index (χ1n) is 11.9. The number of aromatic nitrogens is 3. The van der Waals surface area contributed by atoms with Crippen molar-refractivity contribution < 1.29 is 14.7 Å². The van der Waals surface area contributed by atoms with Gasteiger partial charge >= 0.3 is 6.03 Å². The zero-order valence-electron chi connectivity index (χ0n) is 20.7. The van der Waals surface area contributed by atoms with Gasteiger partial charge < -0.3 is 21.1 Å². The minimum absolute atomic E-state index is 0.00797. The van der Waals surface area contributed by atoms with E-state index in [2.05, 4.69) is 26.0 Å². The second kappa shape index (κ2) is 12.5. The zero-order chi connectivity index (χ0) is 27.9. The Labute approximate surface area is 233 Å². The number of nitrogens with one attached hydrogen (secondary N) is 3. The number of carbonyl (C=O) groups is 2. The number of rotatable bonds is 8. The molecule has 2 aromatic heterocycles. The number of carbonyl (C=O) groups excluding carboxylic acids is 2. The first kappa shape index (κ1) is 27.8. The number of aryl methyl sites for hydroxylation is 1. The molecule has 4 aromatic rings. The first-order valence-corrected chi connectivity index (χ1v) is 12.7. The molecule has 10 nitrogen and oxygen atoms in total. The van der Waals surface area contributed by atoms with Crippen LogP contribution in [0.1, 0.15) is 17.3 Å². The summed E-state index contributed by atoms with van der Waals surface area (Å²) in [6.07, 6.45) is 2.67. The highest BCUT2D eigenvalue weighted by molar-refractivity contribution is 6.39. The average molecular weight is 567 g/mol. The summed E-state index contributed by atoms with van der Waals surface area (Å²) in [5.74, 6) is -0.290. The van der Waals surface area contributed by atoms with Crippen LogP contribution >= 0.6 is 23.2 Å². The van der Waals surface area contributed by atoms with Crippen LogP contribution < -0.4 is 21.5 Å². The molecule has 2 heterocycles. The van der Waals surface area contributed by atoms with Crippen LogP contribution in [0.5, 0.6) is 0 Å². The van der Waals surface area contributed by atoms with E-state index in [1.165, 1.54) is 23.1 Å². The Morgan fingerprint density at radius 2 is 1.62 bits per heavy atom. The lowest BCUT2D eigenvalue weighted by Crippen LogP contribution is -2.29. The quantitative estimate of drug-likeness (QED) is 0.244. The Kier molecular flexibility index (Phi) is 8.92. The van der Waals surface area contributed by atoms with Gasteiger partial charge in [0.05, 0.1) is 28.0 Å². The number of benzene rings is 2. The zero-order valence-corrected chi connectivity index (χ0v) is 22.3. The van der Waals surface area contributed by atoms with Crippen LogP contribution in [0, 0.1) is 0 Å². The Morgan fingerprint density at radius 3 is 2.31 bits per heavy atom. The highest BCUT2D eigenvalue weighted by Gasteiger charge is 2.15. The molecule has 0 atom stereocenters. The van der Waals surface area contributed by atoms with Gasteiger partial charge in [0, 0.05) is 36.6 Å². The van der Waals surface area contributed by atoms with Crippen molar-refractivity contribution in [1.82, 2.24) is 20.1 Å². The number of aliphatic hydroxyl groups is 1. The topological polar surface area (TPSA) is 138 Å². The number of hydrogen-bond acceptors (Lipinski definition) is 6. The van der Waals surface area contributed by atoms with Gasteiger partial charge in [-0.3, -0.25) is 14.6 Å². The smallest absolute Gasteiger partial charge is 0.323 e. The van der Waals surface area contributed by atoms with Gasteiger partial charge in [-0.1, -0.05) is 53.5 Å². The summed E-state index contributed by atoms with van der Waals surface area (Å²) in [4.78, 5) is 41.8. The molecule has 2 aromatic carbocycles. The molecule has 0 radical (unpaired) electrons. The SMILES string of the molecule is CCn1nc(-c2cccc(-c3cccc(C(=O)NCCO)c3)c2)cc(NC(=O)Nc2c(Cl)cncc2Cl)c1=O. The summed E-state index contributed by atoms with van der Waals surface area (Å²) < 4.78 is 1.25. The van der Waals surface area contributed by atoms with Crippen LogP contribution in [-0.2, 0) is 6.54 Å². The van der Waals surface area contributed by atoms with Crippen molar-refractivity contribution in [3.8, 4) is 22.4 Å². The van der Waals surface area contributed by atoms with Gasteiger partial charge in [0.15, 0.2) is 0 Å². The third kappa shape index (κ3) is 6.61. The number of amides is 3. The third-order valence-corrected chi connectivity index (χ3v) is 6.20. The Bertz CT molecular complexity index is 1570. The second-order valence-corrected chi connectivity index (χ2v) is 9.08. The van der Waals surface area contributed by atoms with Crippen molar-refractivity contribution in [2.45, 2.75) is 13.5 Å². The molecule has 0 bridgehead atoms. The Balaban J connectivity index is 1.64. The van der Waals surface area contributed by atoms with Gasteiger partial charge in [-0.25, -0.2) is 9.48 Å². The molecule has 0 unspecified atom stereocenters. The van der Waals surface area contributed by atoms with Crippen LogP contribution in [-0.4, -0.2) is 45.0 Å². The van der Waals surface area contributed by atoms with Crippen LogP contribution in [0.15, 0.2) is 71.8 Å². The van der Waals surface area contributed by atoms with Gasteiger partial charge in [-0.2, -0.15) is 5.10 Å². The Hall–Kier alpha value is -4.25. The van der Waals surface area contributed by atoms with Crippen molar-refractivity contribution in [2.75, 3.05) is 23.8 Å². The van der Waals surface area contributed by atoms with Gasteiger partial charge in [-0.05, 0) is 42.3 Å². The van der Waals surface area contributed by atoms with Crippen molar-refractivity contribution in [3.05, 3.63) is 93.0 Å². The molecule has 39 heavy (non-hydrogen) atoms. The number of hydrogen-bond donors (Lipinski definition) is 4. The van der Waals surface area contributed by atoms with E-state index in [0.717, 1.165) is 11.1 Å². The van der Waals surface area contributed by atoms with Crippen molar-refractivity contribution in [1.29, 1.82) is 0 Å². The van der Waals surface area contributed by atoms with Crippen molar-refractivity contribution in [3.63, 3.8) is 0 Å². The number of halogens is 2. The predicted octanol–water partition coefficient (Wildman–Crippen LogP) is 4.67. The average Bonchev–Trinajstić information content (AvgIpc) is 2.95. The van der Waals surface area contributed by atoms with Gasteiger partial charge in [-0.15, -0.1) is 0 Å². The molecular weight excluding hydrogens is 543 g/mol. The van der Waals surface area contributed by atoms with Gasteiger partial charge in [0.1, 0.15) is 5.69 Å². The molecule has 0 spiro atoms. The number of urea groups is 1. The molecular formula is C27H24Cl2N6O4. The molecule has 0 fully saturated rings. The molecule has 4 rings (SSSR count). The third-order valence-electron chi connectivity index (χ3n) is 5.63. The summed E-state index contributed by atoms with van der Waals surface area (Å²) >= 11 is 12.2. The number of pyridine rings is 1. The normalized spacial score (nSPS) is 10.7. The second-order valence-electron chi connectivity index (χ2n) is 8.26. The standard InChI is InChI=1S/C27H24Cl2N6O4/c1-2-35-26(38)23(32-27(39)33-24-20(28)14-30-15-21(24)29)13-22(34-35)18-7-3-5-16(11-18)17-6-4-8-19(12-17)25(37)31-9-10-36/h3-8,11-15,36H,2,9-10H2,1H3,(H,31,37)(H2,30,32,33,39). The van der Waals surface area contributed by atoms with Crippen LogP contribution in [0.4, 0.5) is 16.2 Å². The number of aliphatic hydroxyl groups excluding tert-OH is 1. The van der Waals surface area contributed by atoms with Crippen molar-refractivity contribution in [2.24, 2.45) is 0 Å². The molecule has 0 saturated carbocycles. The fourth-order valence-electron chi connectivity index (χ4n) is 3.75. The molecule has 0 aliphatic carbocycles. The van der Waals surface area contributed by atoms with E-state index in [0.29, 0.717) is 16.8 Å². The highest BCUT2D eigenvalue weighted by atomic mass is 35.5. The first-order chi connectivity index (χ1) is 18.8. The molecule has 12 heteroatoms. The Morgan fingerprint density at radius 1 is 0.949 bits per heavy atom. The minimum Gasteiger partial charge on any atom is -0.395 e. The fourth-order valence-corrected chi connectivity index (χ4v) is 4.21. The molecule has 4 N–H and O–H groups in total. The lowest BCUT2D eigenvalue weighted by atomic mass is 9.99. The fraction of sp³-hybridized carbons (Fsp3) is 0.148. The van der Waals surface area contributed by atoms with Crippen LogP contribution in [0.25, 0.3) is 22.4 Å². The maximum atomic E-state index is 12.9. The lowest BCUT2D eigenvalue weighted by Gasteiger charge is -2.13. The van der Waals surface area contributed by atoms with E-state index in [1.807, 2.05) is 30.3 Å². The summed E-state index contributed by atoms with van der Waals surface area (Å²) in [5.41, 5.74) is 2.89. The number of anilines is 2. The van der Waals surface area contributed by atoms with E-state index >= 15 is 0 Å². The maximum Gasteiger partial charge on any atom is 0.323 e. The van der Waals surface area contributed by atoms with E-state index in [4.69, 9.17) is 28.3 Å². The molecule has 200 valence electrons. The lowest BCUT2D eigenvalue weighted by molar-refractivity contribution is 0.0945. The minimum atomic E-state index is -0.716. The highest BCUT2D eigenvalue weighted by Crippen LogP contribution is 2.29. The monoisotopic (exact) mass is 566 g/mol. The van der Waals surface area contributed by atoms with E-state index in [1.54, 1.807) is 25.1 Å². The number of nitrogens with zero attached hydrogens (tertiary/aromatic N) is 3. The largest absolute Gasteiger partial charge is 0.395 e. The van der Waals surface area contributed by atoms with E-state index < -0.39 is 11.6 Å². The maximum absolute atomic E-state index is 12.9. The van der Waals surface area contributed by atoms with Crippen LogP contribution in [0.2, 0.25) is 10.0 Å². The molecule has 0 aliphatic rings. The molecule has 0 saturated heterocycles. The van der Waals surface area contributed by atoms with Gasteiger partial charge in [0.25, 0.3) is 11.5 Å². The van der Waals surface area contributed by atoms with Gasteiger partial charge in [0.2, 0.25) is 0 Å². The summed E-state index contributed by atoms with van der Waals surface area (Å²) in [7, 11) is 0. The molecule has 0 aliphatic heterocycles. The summed E-state index contributed by atoms with van der Waals surface area (Å²) in [6.45, 7) is 2.05. The predicted molar refractivity (Wildman–Crippen MR) is 151 cm³/mol. The van der Waals surface area contributed by atoms with Crippen molar-refractivity contribution >= 4 is 46.5 Å². The summed E-state index contributed by atoms with van der Waals surface area (Å²) in [6, 6.07) is 15.3. The summed E-state index contributed by atoms with van der Waals surface area (Å²) in [5, 5.41) is 21.4. The van der Waals surface area contributed by atoms with E-state index in [9.17, 15) is 14.4 Å².